The molecule has 2 amide bonds. The number of alkyl carbamates (subject to hydrolysis) is 1. The minimum Gasteiger partial charge on any atom is -0.488 e. The van der Waals surface area contributed by atoms with E-state index in [4.69, 9.17) is 14.2 Å². The second-order valence-electron chi connectivity index (χ2n) is 16.0. The number of hydrogen-bond acceptors (Lipinski definition) is 8. The fourth-order valence-electron chi connectivity index (χ4n) is 9.09. The number of ether oxygens (including phenoxy) is 3. The molecular weight excluding hydrogens is 743 g/mol. The number of para-hydroxylation sites is 1. The van der Waals surface area contributed by atoms with E-state index >= 15 is 0 Å². The van der Waals surface area contributed by atoms with Crippen LogP contribution in [-0.2, 0) is 25.1 Å². The average Bonchev–Trinajstić information content (AvgIpc) is 3.43. The maximum absolute atomic E-state index is 14.8. The lowest BCUT2D eigenvalue weighted by Crippen LogP contribution is -2.52. The Bertz CT molecular complexity index is 1960. The largest absolute Gasteiger partial charge is 0.488 e. The zero-order valence-corrected chi connectivity index (χ0v) is 32.8. The number of carbonyl (C=O) groups excluding carboxylic acids is 3. The van der Waals surface area contributed by atoms with Gasteiger partial charge in [0, 0.05) is 29.9 Å². The Morgan fingerprint density at radius 2 is 1.66 bits per heavy atom. The van der Waals surface area contributed by atoms with Gasteiger partial charge in [0.1, 0.15) is 35.6 Å². The van der Waals surface area contributed by atoms with Crippen molar-refractivity contribution in [3.05, 3.63) is 65.7 Å². The first-order valence-corrected chi connectivity index (χ1v) is 22.1. The van der Waals surface area contributed by atoms with Crippen LogP contribution in [0.2, 0.25) is 0 Å². The lowest BCUT2D eigenvalue weighted by molar-refractivity contribution is -0.139. The van der Waals surface area contributed by atoms with Gasteiger partial charge in [-0.3, -0.25) is 14.2 Å². The van der Waals surface area contributed by atoms with Crippen LogP contribution in [0.25, 0.3) is 10.9 Å². The van der Waals surface area contributed by atoms with Crippen LogP contribution in [0.5, 0.6) is 11.6 Å². The molecule has 0 radical (unpaired) electrons. The Balaban J connectivity index is 1.20. The molecule has 2 aromatic carbocycles. The summed E-state index contributed by atoms with van der Waals surface area (Å²) in [6.07, 6.45) is 6.07. The highest BCUT2D eigenvalue weighted by molar-refractivity contribution is 7.59. The van der Waals surface area contributed by atoms with Crippen molar-refractivity contribution in [2.75, 3.05) is 13.2 Å². The molecule has 4 aliphatic rings. The quantitative estimate of drug-likeness (QED) is 0.205. The van der Waals surface area contributed by atoms with E-state index in [0.717, 1.165) is 63.5 Å². The van der Waals surface area contributed by atoms with Gasteiger partial charge in [-0.05, 0) is 82.1 Å². The number of Topliss-reactive ketones (excluding diaryl/α,β-unsaturated/α-hetero) is 1. The first kappa shape index (κ1) is 40.1. The van der Waals surface area contributed by atoms with Gasteiger partial charge in [0.15, 0.2) is 5.78 Å². The number of aromatic nitrogens is 1. The molecule has 0 bridgehead atoms. The highest BCUT2D eigenvalue weighted by Gasteiger charge is 2.66. The number of nitrogens with one attached hydrogen (secondary N) is 1. The Hall–Kier alpha value is -4.09. The zero-order chi connectivity index (χ0) is 39.5. The molecule has 11 nitrogen and oxygen atoms in total. The van der Waals surface area contributed by atoms with E-state index in [1.54, 1.807) is 6.07 Å². The Morgan fingerprint density at radius 1 is 0.964 bits per heavy atom. The van der Waals surface area contributed by atoms with Crippen molar-refractivity contribution < 1.29 is 46.8 Å². The van der Waals surface area contributed by atoms with E-state index in [0.29, 0.717) is 48.4 Å². The minimum absolute atomic E-state index is 0.0133. The summed E-state index contributed by atoms with van der Waals surface area (Å²) >= 11 is 0. The van der Waals surface area contributed by atoms with E-state index in [1.165, 1.54) is 11.0 Å². The predicted octanol–water partition coefficient (Wildman–Crippen LogP) is 8.23. The molecule has 2 saturated carbocycles. The van der Waals surface area contributed by atoms with Crippen molar-refractivity contribution >= 4 is 36.1 Å². The van der Waals surface area contributed by atoms with Crippen LogP contribution in [0.15, 0.2) is 48.5 Å². The van der Waals surface area contributed by atoms with Crippen LogP contribution in [-0.4, -0.2) is 75.2 Å². The van der Waals surface area contributed by atoms with Gasteiger partial charge in [-0.25, -0.2) is 18.6 Å². The first-order valence-electron chi connectivity index (χ1n) is 20.2. The van der Waals surface area contributed by atoms with E-state index < -0.39 is 71.9 Å². The van der Waals surface area contributed by atoms with Gasteiger partial charge in [-0.1, -0.05) is 50.3 Å². The van der Waals surface area contributed by atoms with Gasteiger partial charge >= 0.3 is 6.09 Å². The third-order valence-electron chi connectivity index (χ3n) is 12.2. The van der Waals surface area contributed by atoms with Crippen LogP contribution in [0.4, 0.5) is 13.6 Å². The summed E-state index contributed by atoms with van der Waals surface area (Å²) in [5.41, 5.74) is 0.174. The lowest BCUT2D eigenvalue weighted by atomic mass is 10.0. The summed E-state index contributed by atoms with van der Waals surface area (Å²) in [6.45, 7) is 2.24. The second kappa shape index (κ2) is 17.2. The standard InChI is InChI=1S/C42H52F2N3O8P/c1-2-53-39-22-38(30-16-10-11-19-34(30)45-39)54-29-21-36-37(48)24-42(56(51,52)26-31-32(43)17-12-18-33(31)44)23-27(42)13-6-4-3-5-7-20-35(40(49)47(36)25-29)46-41(50)55-28-14-8-9-15-28/h10-12,16-19,22,27-29,35-36H,2-9,13-15,20-21,23-26H2,1H3,(H,46,50)(H,51,52)/t27-,29?,35-,36-,42+/m0/s1. The highest BCUT2D eigenvalue weighted by Crippen LogP contribution is 2.75. The minimum atomic E-state index is -4.39. The number of benzene rings is 2. The summed E-state index contributed by atoms with van der Waals surface area (Å²) < 4.78 is 62.1. The van der Waals surface area contributed by atoms with Crippen LogP contribution in [0.1, 0.15) is 102 Å². The molecule has 2 aliphatic carbocycles. The van der Waals surface area contributed by atoms with Gasteiger partial charge in [0.25, 0.3) is 0 Å². The molecule has 4 fully saturated rings. The molecule has 6 atom stereocenters. The molecule has 2 unspecified atom stereocenters. The van der Waals surface area contributed by atoms with E-state index in [2.05, 4.69) is 10.3 Å². The normalized spacial score (nSPS) is 27.4. The van der Waals surface area contributed by atoms with Crippen LogP contribution >= 0.6 is 7.37 Å². The Morgan fingerprint density at radius 3 is 2.41 bits per heavy atom. The number of halogens is 2. The van der Waals surface area contributed by atoms with Gasteiger partial charge < -0.3 is 29.3 Å². The van der Waals surface area contributed by atoms with Gasteiger partial charge in [0.2, 0.25) is 19.2 Å². The molecule has 3 aromatic rings. The molecule has 56 heavy (non-hydrogen) atoms. The Kier molecular flexibility index (Phi) is 12.3. The van der Waals surface area contributed by atoms with Gasteiger partial charge in [-0.2, -0.15) is 0 Å². The molecule has 302 valence electrons. The molecule has 7 rings (SSSR count). The van der Waals surface area contributed by atoms with Gasteiger partial charge in [-0.15, -0.1) is 0 Å². The predicted molar refractivity (Wildman–Crippen MR) is 206 cm³/mol. The van der Waals surface area contributed by atoms with Crippen molar-refractivity contribution in [3.8, 4) is 11.6 Å². The van der Waals surface area contributed by atoms with E-state index in [-0.39, 0.29) is 37.8 Å². The maximum atomic E-state index is 14.8. The number of fused-ring (bicyclic) bond motifs is 3. The Labute approximate surface area is 326 Å². The first-order chi connectivity index (χ1) is 27.0. The number of amides is 2. The van der Waals surface area contributed by atoms with Crippen molar-refractivity contribution in [3.63, 3.8) is 0 Å². The summed E-state index contributed by atoms with van der Waals surface area (Å²) in [5, 5.41) is 2.16. The van der Waals surface area contributed by atoms with Crippen LogP contribution in [0, 0.1) is 17.6 Å². The summed E-state index contributed by atoms with van der Waals surface area (Å²) in [5.74, 6) is -2.17. The van der Waals surface area contributed by atoms with Gasteiger partial charge in [0.05, 0.1) is 36.0 Å². The molecule has 14 heteroatoms. The topological polar surface area (TPSA) is 144 Å². The number of pyridine rings is 1. The zero-order valence-electron chi connectivity index (χ0n) is 31.9. The fourth-order valence-corrected chi connectivity index (χ4v) is 11.7. The molecule has 2 saturated heterocycles. The highest BCUT2D eigenvalue weighted by atomic mass is 31.2. The number of hydrogen-bond donors (Lipinski definition) is 2. The number of ketones is 1. The summed E-state index contributed by atoms with van der Waals surface area (Å²) in [4.78, 5) is 60.3. The molecule has 2 aliphatic heterocycles. The van der Waals surface area contributed by atoms with Crippen molar-refractivity contribution in [1.29, 1.82) is 0 Å². The summed E-state index contributed by atoms with van der Waals surface area (Å²) in [7, 11) is -4.39. The number of nitrogens with zero attached hydrogens (tertiary/aromatic N) is 2. The van der Waals surface area contributed by atoms with E-state index in [9.17, 15) is 32.6 Å². The molecular formula is C42H52F2N3O8P. The summed E-state index contributed by atoms with van der Waals surface area (Å²) in [6, 6.07) is 10.4. The monoisotopic (exact) mass is 795 g/mol. The number of rotatable bonds is 9. The second-order valence-corrected chi connectivity index (χ2v) is 18.6. The van der Waals surface area contributed by atoms with E-state index in [1.807, 2.05) is 31.2 Å². The third-order valence-corrected chi connectivity index (χ3v) is 15.0. The molecule has 3 heterocycles. The fraction of sp³-hybridized carbons (Fsp3) is 0.571. The molecule has 2 N–H and O–H groups in total. The maximum Gasteiger partial charge on any atom is 0.408 e. The number of carbonyl (C=O) groups is 3. The smallest absolute Gasteiger partial charge is 0.408 e. The van der Waals surface area contributed by atoms with Crippen molar-refractivity contribution in [2.45, 2.75) is 132 Å². The molecule has 0 spiro atoms. The third kappa shape index (κ3) is 8.74. The van der Waals surface area contributed by atoms with Crippen molar-refractivity contribution in [1.82, 2.24) is 15.2 Å². The average molecular weight is 796 g/mol. The van der Waals surface area contributed by atoms with Crippen LogP contribution < -0.4 is 14.8 Å². The van der Waals surface area contributed by atoms with Crippen molar-refractivity contribution in [2.24, 2.45) is 5.92 Å². The lowest BCUT2D eigenvalue weighted by Gasteiger charge is -2.30. The SMILES string of the molecule is CCOc1cc(OC2C[C@H]3C(=O)C[C@]4(P(=O)(O)Cc5c(F)cccc5F)C[C@@H]4CCCCCCC[C@H](NC(=O)OC4CCCC4)C(=O)N3C2)c2ccccc2n1. The molecule has 1 aromatic heterocycles. The van der Waals surface area contributed by atoms with Crippen LogP contribution in [0.3, 0.4) is 0 Å².